The number of rotatable bonds is 3. The van der Waals surface area contributed by atoms with Crippen LogP contribution in [0.5, 0.6) is 0 Å². The van der Waals surface area contributed by atoms with Crippen LogP contribution in [-0.2, 0) is 9.53 Å². The molecule has 80 valence electrons. The quantitative estimate of drug-likeness (QED) is 0.693. The number of nitrogens with zero attached hydrogens (tertiary/aromatic N) is 1. The summed E-state index contributed by atoms with van der Waals surface area (Å²) < 4.78 is 5.45. The first kappa shape index (κ1) is 9.93. The molecule has 1 N–H and O–H groups in total. The number of ether oxygens (including phenoxy) is 1. The summed E-state index contributed by atoms with van der Waals surface area (Å²) in [6.45, 7) is 5.02. The van der Waals surface area contributed by atoms with Crippen LogP contribution >= 0.6 is 0 Å². The first-order valence-electron chi connectivity index (χ1n) is 5.45. The Balaban J connectivity index is 1.90. The third-order valence-electron chi connectivity index (χ3n) is 2.81. The molecule has 4 heteroatoms. The number of hydrogen-bond acceptors (Lipinski definition) is 3. The third kappa shape index (κ3) is 2.07. The first-order chi connectivity index (χ1) is 6.83. The minimum absolute atomic E-state index is 0.169. The second-order valence-corrected chi connectivity index (χ2v) is 3.92. The Morgan fingerprint density at radius 1 is 1.57 bits per heavy atom. The molecule has 1 aliphatic heterocycles. The van der Waals surface area contributed by atoms with E-state index in [4.69, 9.17) is 4.74 Å². The molecule has 4 nitrogen and oxygen atoms in total. The van der Waals surface area contributed by atoms with Crippen molar-refractivity contribution in [3.63, 3.8) is 0 Å². The van der Waals surface area contributed by atoms with Crippen LogP contribution in [0.15, 0.2) is 0 Å². The first-order valence-corrected chi connectivity index (χ1v) is 5.45. The van der Waals surface area contributed by atoms with E-state index in [2.05, 4.69) is 5.32 Å². The molecule has 2 aliphatic rings. The van der Waals surface area contributed by atoms with Gasteiger partial charge in [-0.15, -0.1) is 0 Å². The van der Waals surface area contributed by atoms with Gasteiger partial charge in [0, 0.05) is 25.7 Å². The fraction of sp³-hybridized carbons (Fsp3) is 0.900. The Bertz CT molecular complexity index is 210. The molecule has 0 aromatic rings. The van der Waals surface area contributed by atoms with Gasteiger partial charge >= 0.3 is 0 Å². The summed E-state index contributed by atoms with van der Waals surface area (Å²) in [5, 5.41) is 3.18. The number of likely N-dealkylation sites (N-methyl/N-ethyl adjacent to an activating group) is 1. The van der Waals surface area contributed by atoms with Crippen LogP contribution in [0.25, 0.3) is 0 Å². The van der Waals surface area contributed by atoms with Gasteiger partial charge in [-0.1, -0.05) is 0 Å². The lowest BCUT2D eigenvalue weighted by Crippen LogP contribution is -2.50. The second kappa shape index (κ2) is 4.28. The van der Waals surface area contributed by atoms with Crippen molar-refractivity contribution >= 4 is 5.91 Å². The van der Waals surface area contributed by atoms with Crippen molar-refractivity contribution in [1.82, 2.24) is 10.2 Å². The largest absolute Gasteiger partial charge is 0.366 e. The topological polar surface area (TPSA) is 41.6 Å². The zero-order chi connectivity index (χ0) is 9.97. The van der Waals surface area contributed by atoms with Crippen molar-refractivity contribution in [2.45, 2.75) is 31.9 Å². The van der Waals surface area contributed by atoms with Gasteiger partial charge in [0.1, 0.15) is 6.10 Å². The predicted octanol–water partition coefficient (Wildman–Crippen LogP) is -0.0143. The predicted molar refractivity (Wildman–Crippen MR) is 53.0 cm³/mol. The summed E-state index contributed by atoms with van der Waals surface area (Å²) in [7, 11) is 0. The Hall–Kier alpha value is -0.610. The molecule has 1 aliphatic carbocycles. The van der Waals surface area contributed by atoms with E-state index in [0.29, 0.717) is 19.2 Å². The van der Waals surface area contributed by atoms with Gasteiger partial charge in [-0.2, -0.15) is 0 Å². The molecule has 1 unspecified atom stereocenters. The van der Waals surface area contributed by atoms with Crippen LogP contribution in [0.1, 0.15) is 19.8 Å². The van der Waals surface area contributed by atoms with Gasteiger partial charge in [0.25, 0.3) is 5.91 Å². The second-order valence-electron chi connectivity index (χ2n) is 3.92. The molecular weight excluding hydrogens is 180 g/mol. The van der Waals surface area contributed by atoms with E-state index < -0.39 is 0 Å². The summed E-state index contributed by atoms with van der Waals surface area (Å²) in [4.78, 5) is 13.9. The van der Waals surface area contributed by atoms with Crippen molar-refractivity contribution in [3.05, 3.63) is 0 Å². The summed E-state index contributed by atoms with van der Waals surface area (Å²) in [5.74, 6) is 0.169. The van der Waals surface area contributed by atoms with Gasteiger partial charge in [0.05, 0.1) is 6.61 Å². The fourth-order valence-corrected chi connectivity index (χ4v) is 1.89. The van der Waals surface area contributed by atoms with Crippen LogP contribution < -0.4 is 5.32 Å². The monoisotopic (exact) mass is 198 g/mol. The highest BCUT2D eigenvalue weighted by Gasteiger charge is 2.35. The van der Waals surface area contributed by atoms with Crippen LogP contribution in [0.2, 0.25) is 0 Å². The lowest BCUT2D eigenvalue weighted by molar-refractivity contribution is -0.145. The number of amides is 1. The van der Waals surface area contributed by atoms with Crippen molar-refractivity contribution in [2.75, 3.05) is 26.2 Å². The van der Waals surface area contributed by atoms with Crippen molar-refractivity contribution in [1.29, 1.82) is 0 Å². The lowest BCUT2D eigenvalue weighted by atomic mass is 10.2. The molecule has 0 aromatic heterocycles. The van der Waals surface area contributed by atoms with Crippen LogP contribution in [0, 0.1) is 0 Å². The number of hydrogen-bond donors (Lipinski definition) is 1. The van der Waals surface area contributed by atoms with Gasteiger partial charge < -0.3 is 15.0 Å². The summed E-state index contributed by atoms with van der Waals surface area (Å²) in [6.07, 6.45) is 2.09. The molecule has 1 heterocycles. The summed E-state index contributed by atoms with van der Waals surface area (Å²) >= 11 is 0. The normalized spacial score (nSPS) is 27.4. The number of carbonyl (C=O) groups is 1. The molecule has 1 saturated carbocycles. The zero-order valence-corrected chi connectivity index (χ0v) is 8.66. The molecule has 2 fully saturated rings. The minimum Gasteiger partial charge on any atom is -0.366 e. The van der Waals surface area contributed by atoms with E-state index in [9.17, 15) is 4.79 Å². The third-order valence-corrected chi connectivity index (χ3v) is 2.81. The van der Waals surface area contributed by atoms with E-state index in [0.717, 1.165) is 13.1 Å². The molecule has 0 spiro atoms. The number of nitrogens with one attached hydrogen (secondary N) is 1. The van der Waals surface area contributed by atoms with Crippen molar-refractivity contribution in [3.8, 4) is 0 Å². The van der Waals surface area contributed by atoms with E-state index >= 15 is 0 Å². The van der Waals surface area contributed by atoms with E-state index in [-0.39, 0.29) is 12.0 Å². The standard InChI is InChI=1S/C10H18N2O2/c1-2-12(8-3-4-8)10(13)9-7-11-5-6-14-9/h8-9,11H,2-7H2,1H3. The minimum atomic E-state index is -0.246. The Labute approximate surface area is 84.6 Å². The van der Waals surface area contributed by atoms with Gasteiger partial charge in [-0.25, -0.2) is 0 Å². The van der Waals surface area contributed by atoms with Crippen molar-refractivity contribution in [2.24, 2.45) is 0 Å². The molecule has 0 bridgehead atoms. The van der Waals surface area contributed by atoms with E-state index in [1.807, 2.05) is 11.8 Å². The van der Waals surface area contributed by atoms with Crippen LogP contribution in [0.4, 0.5) is 0 Å². The molecular formula is C10H18N2O2. The average Bonchev–Trinajstić information content (AvgIpc) is 3.04. The maximum Gasteiger partial charge on any atom is 0.253 e. The molecule has 1 saturated heterocycles. The zero-order valence-electron chi connectivity index (χ0n) is 8.66. The molecule has 0 aromatic carbocycles. The maximum atomic E-state index is 12.0. The van der Waals surface area contributed by atoms with Gasteiger partial charge in [0.15, 0.2) is 0 Å². The highest BCUT2D eigenvalue weighted by Crippen LogP contribution is 2.27. The SMILES string of the molecule is CCN(C(=O)C1CNCCO1)C1CC1. The molecule has 14 heavy (non-hydrogen) atoms. The smallest absolute Gasteiger partial charge is 0.253 e. The van der Waals surface area contributed by atoms with E-state index in [1.54, 1.807) is 0 Å². The average molecular weight is 198 g/mol. The van der Waals surface area contributed by atoms with Crippen LogP contribution in [-0.4, -0.2) is 49.2 Å². The van der Waals surface area contributed by atoms with Crippen molar-refractivity contribution < 1.29 is 9.53 Å². The highest BCUT2D eigenvalue weighted by molar-refractivity contribution is 5.81. The lowest BCUT2D eigenvalue weighted by Gasteiger charge is -2.29. The molecule has 0 radical (unpaired) electrons. The fourth-order valence-electron chi connectivity index (χ4n) is 1.89. The Morgan fingerprint density at radius 2 is 2.36 bits per heavy atom. The van der Waals surface area contributed by atoms with Gasteiger partial charge in [0.2, 0.25) is 0 Å². The Kier molecular flexibility index (Phi) is 3.03. The van der Waals surface area contributed by atoms with E-state index in [1.165, 1.54) is 12.8 Å². The van der Waals surface area contributed by atoms with Gasteiger partial charge in [-0.3, -0.25) is 4.79 Å². The molecule has 1 atom stereocenters. The van der Waals surface area contributed by atoms with Gasteiger partial charge in [-0.05, 0) is 19.8 Å². The van der Waals surface area contributed by atoms with Crippen LogP contribution in [0.3, 0.4) is 0 Å². The number of morpholine rings is 1. The highest BCUT2D eigenvalue weighted by atomic mass is 16.5. The summed E-state index contributed by atoms with van der Waals surface area (Å²) in [6, 6.07) is 0.498. The number of carbonyl (C=O) groups excluding carboxylic acids is 1. The Morgan fingerprint density at radius 3 is 2.86 bits per heavy atom. The maximum absolute atomic E-state index is 12.0. The summed E-state index contributed by atoms with van der Waals surface area (Å²) in [5.41, 5.74) is 0. The molecule has 2 rings (SSSR count). The molecule has 1 amide bonds.